The van der Waals surface area contributed by atoms with Crippen LogP contribution in [0.15, 0.2) is 24.3 Å². The first kappa shape index (κ1) is 10.0. The summed E-state index contributed by atoms with van der Waals surface area (Å²) in [5, 5.41) is 8.64. The lowest BCUT2D eigenvalue weighted by Gasteiger charge is -2.23. The molecule has 78 valence electrons. The van der Waals surface area contributed by atoms with Crippen LogP contribution in [0, 0.1) is 11.3 Å². The number of benzene rings is 1. The van der Waals surface area contributed by atoms with E-state index < -0.39 is 0 Å². The lowest BCUT2D eigenvalue weighted by atomic mass is 10.1. The van der Waals surface area contributed by atoms with E-state index in [1.807, 2.05) is 12.1 Å². The van der Waals surface area contributed by atoms with Gasteiger partial charge in [0.25, 0.3) is 0 Å². The molecule has 0 aliphatic carbocycles. The largest absolute Gasteiger partial charge is 0.490 e. The van der Waals surface area contributed by atoms with Crippen molar-refractivity contribution in [2.75, 3.05) is 13.2 Å². The van der Waals surface area contributed by atoms with E-state index in [1.54, 1.807) is 12.1 Å². The maximum absolute atomic E-state index is 8.64. The van der Waals surface area contributed by atoms with E-state index in [4.69, 9.17) is 14.7 Å². The fourth-order valence-electron chi connectivity index (χ4n) is 1.59. The number of hydrogen-bond acceptors (Lipinski definition) is 3. The van der Waals surface area contributed by atoms with E-state index in [1.165, 1.54) is 0 Å². The van der Waals surface area contributed by atoms with Crippen LogP contribution in [0.3, 0.4) is 0 Å². The number of nitrogens with zero attached hydrogens (tertiary/aromatic N) is 1. The van der Waals surface area contributed by atoms with Gasteiger partial charge in [0.2, 0.25) is 0 Å². The fourth-order valence-corrected chi connectivity index (χ4v) is 1.59. The highest BCUT2D eigenvalue weighted by molar-refractivity contribution is 5.34. The quantitative estimate of drug-likeness (QED) is 0.739. The van der Waals surface area contributed by atoms with Crippen LogP contribution in [-0.4, -0.2) is 19.3 Å². The normalized spacial score (nSPS) is 17.0. The molecule has 0 atom stereocenters. The molecule has 0 N–H and O–H groups in total. The van der Waals surface area contributed by atoms with E-state index in [0.717, 1.165) is 31.8 Å². The minimum absolute atomic E-state index is 0.256. The predicted octanol–water partition coefficient (Wildman–Crippen LogP) is 2.12. The predicted molar refractivity (Wildman–Crippen MR) is 55.6 cm³/mol. The van der Waals surface area contributed by atoms with Crippen molar-refractivity contribution in [3.63, 3.8) is 0 Å². The lowest BCUT2D eigenvalue weighted by molar-refractivity contribution is 0.0256. The van der Waals surface area contributed by atoms with Gasteiger partial charge < -0.3 is 9.47 Å². The third-order valence-corrected chi connectivity index (χ3v) is 2.45. The van der Waals surface area contributed by atoms with Gasteiger partial charge in [-0.25, -0.2) is 0 Å². The first-order valence-corrected chi connectivity index (χ1v) is 5.13. The van der Waals surface area contributed by atoms with Crippen LogP contribution in [0.4, 0.5) is 0 Å². The summed E-state index contributed by atoms with van der Waals surface area (Å²) >= 11 is 0. The molecular weight excluding hydrogens is 190 g/mol. The van der Waals surface area contributed by atoms with Gasteiger partial charge in [-0.3, -0.25) is 0 Å². The molecule has 1 heterocycles. The zero-order valence-corrected chi connectivity index (χ0v) is 8.48. The van der Waals surface area contributed by atoms with Crippen molar-refractivity contribution in [3.05, 3.63) is 29.8 Å². The minimum Gasteiger partial charge on any atom is -0.490 e. The summed E-state index contributed by atoms with van der Waals surface area (Å²) in [6.45, 7) is 1.56. The summed E-state index contributed by atoms with van der Waals surface area (Å²) in [6.07, 6.45) is 2.15. The molecule has 0 unspecified atom stereocenters. The maximum atomic E-state index is 8.64. The Morgan fingerprint density at radius 3 is 2.47 bits per heavy atom. The monoisotopic (exact) mass is 203 g/mol. The Balaban J connectivity index is 1.95. The smallest absolute Gasteiger partial charge is 0.119 e. The molecule has 1 aliphatic rings. The number of ether oxygens (including phenoxy) is 2. The standard InChI is InChI=1S/C12H13NO2/c13-9-10-1-3-11(4-2-10)15-12-5-7-14-8-6-12/h1-4,12H,5-8H2. The molecule has 3 heteroatoms. The zero-order chi connectivity index (χ0) is 10.5. The minimum atomic E-state index is 0.256. The third-order valence-electron chi connectivity index (χ3n) is 2.45. The average Bonchev–Trinajstić information content (AvgIpc) is 2.31. The molecule has 0 bridgehead atoms. The average molecular weight is 203 g/mol. The van der Waals surface area contributed by atoms with Gasteiger partial charge >= 0.3 is 0 Å². The Labute approximate surface area is 89.2 Å². The van der Waals surface area contributed by atoms with Crippen molar-refractivity contribution in [1.82, 2.24) is 0 Å². The fraction of sp³-hybridized carbons (Fsp3) is 0.417. The SMILES string of the molecule is N#Cc1ccc(OC2CCOCC2)cc1. The molecule has 0 saturated carbocycles. The number of hydrogen-bond donors (Lipinski definition) is 0. The van der Waals surface area contributed by atoms with Crippen LogP contribution >= 0.6 is 0 Å². The second-order valence-electron chi connectivity index (χ2n) is 3.57. The molecule has 15 heavy (non-hydrogen) atoms. The summed E-state index contributed by atoms with van der Waals surface area (Å²) in [5.74, 6) is 0.834. The highest BCUT2D eigenvalue weighted by Gasteiger charge is 2.14. The van der Waals surface area contributed by atoms with Gasteiger partial charge in [-0.05, 0) is 24.3 Å². The molecule has 0 spiro atoms. The van der Waals surface area contributed by atoms with E-state index in [2.05, 4.69) is 6.07 Å². The molecular formula is C12H13NO2. The van der Waals surface area contributed by atoms with Crippen LogP contribution < -0.4 is 4.74 Å². The van der Waals surface area contributed by atoms with Gasteiger partial charge in [-0.2, -0.15) is 5.26 Å². The topological polar surface area (TPSA) is 42.2 Å². The maximum Gasteiger partial charge on any atom is 0.119 e. The summed E-state index contributed by atoms with van der Waals surface area (Å²) in [7, 11) is 0. The second kappa shape index (κ2) is 4.81. The van der Waals surface area contributed by atoms with E-state index >= 15 is 0 Å². The van der Waals surface area contributed by atoms with Crippen molar-refractivity contribution < 1.29 is 9.47 Å². The van der Waals surface area contributed by atoms with Crippen molar-refractivity contribution >= 4 is 0 Å². The Morgan fingerprint density at radius 1 is 1.20 bits per heavy atom. The molecule has 1 aromatic carbocycles. The highest BCUT2D eigenvalue weighted by Crippen LogP contribution is 2.18. The first-order chi connectivity index (χ1) is 7.38. The Bertz CT molecular complexity index is 347. The second-order valence-corrected chi connectivity index (χ2v) is 3.57. The third kappa shape index (κ3) is 2.71. The molecule has 0 radical (unpaired) electrons. The Morgan fingerprint density at radius 2 is 1.87 bits per heavy atom. The summed E-state index contributed by atoms with van der Waals surface area (Å²) in [4.78, 5) is 0. The molecule has 1 aromatic rings. The van der Waals surface area contributed by atoms with Crippen LogP contribution in [0.25, 0.3) is 0 Å². The molecule has 1 aliphatic heterocycles. The van der Waals surface area contributed by atoms with Crippen molar-refractivity contribution in [2.45, 2.75) is 18.9 Å². The number of nitriles is 1. The molecule has 1 saturated heterocycles. The van der Waals surface area contributed by atoms with Crippen LogP contribution in [-0.2, 0) is 4.74 Å². The summed E-state index contributed by atoms with van der Waals surface area (Å²) in [5.41, 5.74) is 0.661. The Hall–Kier alpha value is -1.53. The zero-order valence-electron chi connectivity index (χ0n) is 8.48. The van der Waals surface area contributed by atoms with E-state index in [9.17, 15) is 0 Å². The van der Waals surface area contributed by atoms with Gasteiger partial charge in [-0.15, -0.1) is 0 Å². The Kier molecular flexibility index (Phi) is 3.21. The summed E-state index contributed by atoms with van der Waals surface area (Å²) in [6, 6.07) is 9.31. The number of rotatable bonds is 2. The van der Waals surface area contributed by atoms with Crippen molar-refractivity contribution in [3.8, 4) is 11.8 Å². The lowest BCUT2D eigenvalue weighted by Crippen LogP contribution is -2.25. The van der Waals surface area contributed by atoms with Crippen LogP contribution in [0.5, 0.6) is 5.75 Å². The van der Waals surface area contributed by atoms with Gasteiger partial charge in [0.05, 0.1) is 24.8 Å². The van der Waals surface area contributed by atoms with Gasteiger partial charge in [-0.1, -0.05) is 0 Å². The van der Waals surface area contributed by atoms with Gasteiger partial charge in [0, 0.05) is 12.8 Å². The molecule has 3 nitrogen and oxygen atoms in total. The molecule has 0 amide bonds. The van der Waals surface area contributed by atoms with Gasteiger partial charge in [0.1, 0.15) is 11.9 Å². The summed E-state index contributed by atoms with van der Waals surface area (Å²) < 4.78 is 11.0. The molecule has 0 aromatic heterocycles. The molecule has 2 rings (SSSR count). The van der Waals surface area contributed by atoms with Crippen molar-refractivity contribution in [1.29, 1.82) is 5.26 Å². The molecule has 1 fully saturated rings. The van der Waals surface area contributed by atoms with Crippen LogP contribution in [0.2, 0.25) is 0 Å². The van der Waals surface area contributed by atoms with Crippen LogP contribution in [0.1, 0.15) is 18.4 Å². The van der Waals surface area contributed by atoms with E-state index in [-0.39, 0.29) is 6.10 Å². The highest BCUT2D eigenvalue weighted by atomic mass is 16.5. The first-order valence-electron chi connectivity index (χ1n) is 5.13. The van der Waals surface area contributed by atoms with Crippen molar-refractivity contribution in [2.24, 2.45) is 0 Å². The van der Waals surface area contributed by atoms with Gasteiger partial charge in [0.15, 0.2) is 0 Å². The van der Waals surface area contributed by atoms with E-state index in [0.29, 0.717) is 5.56 Å².